The van der Waals surface area contributed by atoms with Gasteiger partial charge in [-0.3, -0.25) is 9.11 Å². The van der Waals surface area contributed by atoms with Gasteiger partial charge in [-0.15, -0.1) is 4.40 Å². The van der Waals surface area contributed by atoms with Crippen LogP contribution in [0.25, 0.3) is 10.9 Å². The standard InChI is InChI=1S/C23H31N3O6S/c1-5-30-20(27)19-11-17-10-15(16-8-9-31-22(3,4)13-16)6-7-18(17)26(19)23(12-14(23)2)21-24-32-33(28,29)25-21/h6-7,10-11,14,16,28-29H,5,8-9,12-13H2,1-4H3,(H,24,25)/t14-,16-,23-/m0/s1. The van der Waals surface area contributed by atoms with Crippen LogP contribution in [0.15, 0.2) is 28.7 Å². The molecule has 180 valence electrons. The van der Waals surface area contributed by atoms with Crippen LogP contribution in [0, 0.1) is 5.92 Å². The van der Waals surface area contributed by atoms with Crippen molar-refractivity contribution >= 4 is 33.8 Å². The molecule has 2 aliphatic heterocycles. The fourth-order valence-electron chi connectivity index (χ4n) is 5.36. The van der Waals surface area contributed by atoms with Crippen LogP contribution >= 0.6 is 11.1 Å². The number of rotatable bonds is 5. The molecule has 33 heavy (non-hydrogen) atoms. The molecule has 1 aliphatic carbocycles. The molecule has 0 unspecified atom stereocenters. The molecule has 3 atom stereocenters. The fourth-order valence-corrected chi connectivity index (χ4v) is 6.02. The molecule has 1 aromatic heterocycles. The van der Waals surface area contributed by atoms with Gasteiger partial charge in [-0.2, -0.15) is 4.28 Å². The Bertz CT molecular complexity index is 1140. The summed E-state index contributed by atoms with van der Waals surface area (Å²) in [6, 6.07) is 8.17. The summed E-state index contributed by atoms with van der Waals surface area (Å²) in [5.41, 5.74) is 4.19. The molecule has 1 aromatic carbocycles. The summed E-state index contributed by atoms with van der Waals surface area (Å²) in [6.45, 7) is 9.03. The maximum absolute atomic E-state index is 13.0. The van der Waals surface area contributed by atoms with E-state index in [1.807, 2.05) is 23.6 Å². The normalized spacial score (nSPS) is 31.0. The van der Waals surface area contributed by atoms with Crippen molar-refractivity contribution in [2.24, 2.45) is 10.3 Å². The van der Waals surface area contributed by atoms with E-state index in [4.69, 9.17) is 13.8 Å². The first kappa shape index (κ1) is 22.7. The van der Waals surface area contributed by atoms with E-state index in [-0.39, 0.29) is 18.1 Å². The van der Waals surface area contributed by atoms with Crippen molar-refractivity contribution < 1.29 is 27.7 Å². The fraction of sp³-hybridized carbons (Fsp3) is 0.565. The lowest BCUT2D eigenvalue weighted by Crippen LogP contribution is -2.38. The molecule has 9 nitrogen and oxygen atoms in total. The molecule has 0 amide bonds. The minimum absolute atomic E-state index is 0.0976. The van der Waals surface area contributed by atoms with Crippen molar-refractivity contribution in [3.8, 4) is 0 Å². The average Bonchev–Trinajstić information content (AvgIpc) is 3.08. The van der Waals surface area contributed by atoms with Crippen molar-refractivity contribution in [3.05, 3.63) is 35.5 Å². The number of fused-ring (bicyclic) bond motifs is 1. The first-order valence-electron chi connectivity index (χ1n) is 11.4. The number of carbonyl (C=O) groups is 1. The zero-order valence-corrected chi connectivity index (χ0v) is 20.1. The van der Waals surface area contributed by atoms with Gasteiger partial charge in [0, 0.05) is 17.5 Å². The number of esters is 1. The molecule has 3 heterocycles. The topological polar surface area (TPSA) is 115 Å². The lowest BCUT2D eigenvalue weighted by Gasteiger charge is -2.35. The predicted molar refractivity (Wildman–Crippen MR) is 126 cm³/mol. The van der Waals surface area contributed by atoms with E-state index in [1.54, 1.807) is 6.92 Å². The molecule has 0 bridgehead atoms. The predicted octanol–water partition coefficient (Wildman–Crippen LogP) is 4.74. The van der Waals surface area contributed by atoms with E-state index < -0.39 is 22.6 Å². The number of aromatic nitrogens is 1. The number of hydrogen-bond donors (Lipinski definition) is 3. The molecule has 2 aromatic rings. The first-order chi connectivity index (χ1) is 15.6. The maximum Gasteiger partial charge on any atom is 0.355 e. The minimum atomic E-state index is -3.55. The van der Waals surface area contributed by atoms with Gasteiger partial charge in [0.25, 0.3) is 0 Å². The Balaban J connectivity index is 1.63. The number of hydrogen-bond acceptors (Lipinski definition) is 8. The number of nitrogens with one attached hydrogen (secondary N) is 1. The highest BCUT2D eigenvalue weighted by Crippen LogP contribution is 2.57. The molecule has 1 saturated carbocycles. The van der Waals surface area contributed by atoms with Crippen LogP contribution < -0.4 is 5.48 Å². The van der Waals surface area contributed by atoms with Crippen molar-refractivity contribution in [1.29, 1.82) is 0 Å². The van der Waals surface area contributed by atoms with Crippen LogP contribution in [0.3, 0.4) is 0 Å². The van der Waals surface area contributed by atoms with Gasteiger partial charge in [0.1, 0.15) is 11.2 Å². The Kier molecular flexibility index (Phi) is 5.30. The summed E-state index contributed by atoms with van der Waals surface area (Å²) in [7, 11) is 0. The van der Waals surface area contributed by atoms with Crippen molar-refractivity contribution in [2.45, 2.75) is 64.0 Å². The summed E-state index contributed by atoms with van der Waals surface area (Å²) in [6.07, 6.45) is 2.56. The lowest BCUT2D eigenvalue weighted by atomic mass is 9.83. The van der Waals surface area contributed by atoms with Gasteiger partial charge >= 0.3 is 5.97 Å². The number of carbonyl (C=O) groups excluding carboxylic acids is 1. The van der Waals surface area contributed by atoms with Crippen LogP contribution in [-0.2, 0) is 19.3 Å². The summed E-state index contributed by atoms with van der Waals surface area (Å²) < 4.78 is 41.9. The quantitative estimate of drug-likeness (QED) is 0.533. The Morgan fingerprint density at radius 2 is 2.09 bits per heavy atom. The summed E-state index contributed by atoms with van der Waals surface area (Å²) in [5, 5.41) is 0.935. The zero-order chi connectivity index (χ0) is 23.6. The van der Waals surface area contributed by atoms with Crippen molar-refractivity contribution in [1.82, 2.24) is 10.0 Å². The van der Waals surface area contributed by atoms with Crippen LogP contribution in [0.4, 0.5) is 0 Å². The Morgan fingerprint density at radius 3 is 2.70 bits per heavy atom. The van der Waals surface area contributed by atoms with Crippen molar-refractivity contribution in [2.75, 3.05) is 13.2 Å². The van der Waals surface area contributed by atoms with E-state index in [0.717, 1.165) is 30.4 Å². The molecule has 2 fully saturated rings. The average molecular weight is 478 g/mol. The number of hydroxylamine groups is 1. The monoisotopic (exact) mass is 477 g/mol. The highest BCUT2D eigenvalue weighted by molar-refractivity contribution is 8.19. The SMILES string of the molecule is CCOC(=O)c1cc2cc([C@H]3CCOC(C)(C)C3)ccc2n1[C@@]1(C2=NS(O)(O)ON2)C[C@@H]1C. The van der Waals surface area contributed by atoms with Crippen LogP contribution in [0.1, 0.15) is 68.9 Å². The molecule has 3 aliphatic rings. The third-order valence-corrected chi connectivity index (χ3v) is 7.75. The second kappa shape index (κ2) is 7.71. The molecule has 10 heteroatoms. The molecule has 0 radical (unpaired) electrons. The van der Waals surface area contributed by atoms with Crippen LogP contribution in [0.5, 0.6) is 0 Å². The Hall–Kier alpha value is -2.11. The van der Waals surface area contributed by atoms with E-state index in [2.05, 4.69) is 35.9 Å². The van der Waals surface area contributed by atoms with E-state index in [0.29, 0.717) is 23.9 Å². The third-order valence-electron chi connectivity index (χ3n) is 7.02. The number of amidine groups is 1. The smallest absolute Gasteiger partial charge is 0.355 e. The van der Waals surface area contributed by atoms with Gasteiger partial charge in [-0.25, -0.2) is 10.3 Å². The summed E-state index contributed by atoms with van der Waals surface area (Å²) >= 11 is -3.55. The number of benzene rings is 1. The van der Waals surface area contributed by atoms with Crippen LogP contribution in [-0.4, -0.2) is 44.3 Å². The lowest BCUT2D eigenvalue weighted by molar-refractivity contribution is -0.0592. The van der Waals surface area contributed by atoms with Gasteiger partial charge in [0.15, 0.2) is 5.84 Å². The molecule has 5 rings (SSSR count). The highest BCUT2D eigenvalue weighted by Gasteiger charge is 2.61. The second-order valence-electron chi connectivity index (χ2n) is 9.82. The first-order valence-corrected chi connectivity index (χ1v) is 12.8. The second-order valence-corrected chi connectivity index (χ2v) is 11.1. The Morgan fingerprint density at radius 1 is 1.33 bits per heavy atom. The zero-order valence-electron chi connectivity index (χ0n) is 19.3. The summed E-state index contributed by atoms with van der Waals surface area (Å²) in [5.74, 6) is 0.365. The number of ether oxygens (including phenoxy) is 2. The van der Waals surface area contributed by atoms with Crippen LogP contribution in [0.2, 0.25) is 0 Å². The van der Waals surface area contributed by atoms with Crippen molar-refractivity contribution in [3.63, 3.8) is 0 Å². The van der Waals surface area contributed by atoms with E-state index in [1.165, 1.54) is 5.56 Å². The van der Waals surface area contributed by atoms with E-state index >= 15 is 0 Å². The molecule has 1 saturated heterocycles. The van der Waals surface area contributed by atoms with Gasteiger partial charge in [-0.05, 0) is 75.6 Å². The largest absolute Gasteiger partial charge is 0.461 e. The van der Waals surface area contributed by atoms with E-state index in [9.17, 15) is 13.9 Å². The Labute approximate surface area is 194 Å². The van der Waals surface area contributed by atoms with Gasteiger partial charge in [-0.1, -0.05) is 13.0 Å². The minimum Gasteiger partial charge on any atom is -0.461 e. The van der Waals surface area contributed by atoms with Gasteiger partial charge in [0.05, 0.1) is 12.2 Å². The summed E-state index contributed by atoms with van der Waals surface area (Å²) in [4.78, 5) is 13.0. The molecular weight excluding hydrogens is 446 g/mol. The maximum atomic E-state index is 13.0. The number of nitrogens with zero attached hydrogens (tertiary/aromatic N) is 2. The molecule has 3 N–H and O–H groups in total. The van der Waals surface area contributed by atoms with Gasteiger partial charge in [0.2, 0.25) is 11.1 Å². The molecule has 0 spiro atoms. The van der Waals surface area contributed by atoms with Gasteiger partial charge < -0.3 is 14.0 Å². The highest BCUT2D eigenvalue weighted by atomic mass is 32.3. The molecular formula is C23H31N3O6S. The third kappa shape index (κ3) is 3.83.